The first-order valence-electron chi connectivity index (χ1n) is 14.4. The van der Waals surface area contributed by atoms with Gasteiger partial charge in [-0.3, -0.25) is 24.5 Å². The molecule has 5 aromatic carbocycles. The number of nitrogens with zero attached hydrogens (tertiary/aromatic N) is 3. The molecule has 6 rings (SSSR count). The van der Waals surface area contributed by atoms with E-state index in [4.69, 9.17) is 4.74 Å². The number of ether oxygens (including phenoxy) is 1. The van der Waals surface area contributed by atoms with Gasteiger partial charge in [0.15, 0.2) is 0 Å². The van der Waals surface area contributed by atoms with E-state index in [1.54, 1.807) is 47.4 Å². The number of carbonyl (C=O) groups is 1. The number of amides is 1. The average molecular weight is 635 g/mol. The highest BCUT2D eigenvalue weighted by Crippen LogP contribution is 2.43. The van der Waals surface area contributed by atoms with Crippen LogP contribution in [0.1, 0.15) is 33.2 Å². The molecule has 0 radical (unpaired) electrons. The molecule has 0 bridgehead atoms. The number of aryl methyl sites for hydroxylation is 1. The lowest BCUT2D eigenvalue weighted by Crippen LogP contribution is -2.49. The van der Waals surface area contributed by atoms with E-state index in [0.717, 1.165) is 11.1 Å². The summed E-state index contributed by atoms with van der Waals surface area (Å²) in [6.45, 7) is 2.26. The molecule has 0 unspecified atom stereocenters. The van der Waals surface area contributed by atoms with Gasteiger partial charge in [-0.05, 0) is 67.1 Å². The maximum absolute atomic E-state index is 14.5. The highest BCUT2D eigenvalue weighted by atomic mass is 32.2. The van der Waals surface area contributed by atoms with E-state index in [1.165, 1.54) is 31.4 Å². The average Bonchev–Trinajstić information content (AvgIpc) is 3.07. The van der Waals surface area contributed by atoms with Crippen LogP contribution in [-0.4, -0.2) is 26.4 Å². The third kappa shape index (κ3) is 6.00. The van der Waals surface area contributed by atoms with Crippen LogP contribution in [0.4, 0.5) is 22.7 Å². The summed E-state index contributed by atoms with van der Waals surface area (Å²) in [5.41, 5.74) is 3.91. The van der Waals surface area contributed by atoms with Crippen molar-refractivity contribution in [2.75, 3.05) is 21.6 Å². The van der Waals surface area contributed by atoms with Crippen LogP contribution in [0.25, 0.3) is 0 Å². The summed E-state index contributed by atoms with van der Waals surface area (Å²) in [7, 11) is -2.57. The van der Waals surface area contributed by atoms with Gasteiger partial charge in [-0.15, -0.1) is 0 Å². The van der Waals surface area contributed by atoms with Gasteiger partial charge in [-0.1, -0.05) is 60.2 Å². The summed E-state index contributed by atoms with van der Waals surface area (Å²) in [6.07, 6.45) is -0.789. The van der Waals surface area contributed by atoms with Gasteiger partial charge in [0.25, 0.3) is 21.6 Å². The summed E-state index contributed by atoms with van der Waals surface area (Å²) in [5, 5.41) is 11.8. The van der Waals surface area contributed by atoms with Crippen molar-refractivity contribution in [1.29, 1.82) is 0 Å². The van der Waals surface area contributed by atoms with Gasteiger partial charge >= 0.3 is 0 Å². The molecule has 0 aliphatic carbocycles. The van der Waals surface area contributed by atoms with Gasteiger partial charge in [0.1, 0.15) is 11.9 Å². The second-order valence-electron chi connectivity index (χ2n) is 10.9. The summed E-state index contributed by atoms with van der Waals surface area (Å²) in [6, 6.07) is 34.2. The second-order valence-corrected chi connectivity index (χ2v) is 12.5. The smallest absolute Gasteiger partial charge is 0.269 e. The predicted octanol–water partition coefficient (Wildman–Crippen LogP) is 7.08. The number of benzene rings is 5. The zero-order valence-corrected chi connectivity index (χ0v) is 25.8. The number of nitro benzene ring substituents is 1. The first-order chi connectivity index (χ1) is 22.1. The quantitative estimate of drug-likeness (QED) is 0.136. The Kier molecular flexibility index (Phi) is 8.16. The first kappa shape index (κ1) is 30.4. The zero-order chi connectivity index (χ0) is 32.4. The number of non-ortho nitro benzene ring substituents is 1. The Morgan fingerprint density at radius 3 is 2.26 bits per heavy atom. The number of anilines is 3. The molecular weight excluding hydrogens is 604 g/mol. The summed E-state index contributed by atoms with van der Waals surface area (Å²) in [4.78, 5) is 29.3. The van der Waals surface area contributed by atoms with E-state index in [9.17, 15) is 23.3 Å². The van der Waals surface area contributed by atoms with E-state index >= 15 is 0 Å². The van der Waals surface area contributed by atoms with Crippen LogP contribution in [0.15, 0.2) is 126 Å². The maximum Gasteiger partial charge on any atom is 0.269 e. The first-order valence-corrected chi connectivity index (χ1v) is 15.9. The summed E-state index contributed by atoms with van der Waals surface area (Å²) in [5.74, 6) is 0.136. The Balaban J connectivity index is 1.52. The molecule has 10 nitrogen and oxygen atoms in total. The fourth-order valence-corrected chi connectivity index (χ4v) is 6.62. The standard InChI is InChI=1S/C35H30N4O6S/c1-24-11-15-28(16-12-24)38-34(26-9-6-10-29(21-26)39(41)42)37(23-25-7-4-3-5-8-25)33-20-19-31(22-32(33)35(38)40)46(43,44)36-27-13-17-30(45-2)18-14-27/h3-22,34,36H,23H2,1-2H3/t34-/m1/s1. The van der Waals surface area contributed by atoms with Crippen molar-refractivity contribution in [1.82, 2.24) is 0 Å². The fraction of sp³-hybridized carbons (Fsp3) is 0.114. The van der Waals surface area contributed by atoms with E-state index in [2.05, 4.69) is 4.72 Å². The molecule has 232 valence electrons. The van der Waals surface area contributed by atoms with Gasteiger partial charge in [0, 0.05) is 35.6 Å². The van der Waals surface area contributed by atoms with Gasteiger partial charge < -0.3 is 9.64 Å². The zero-order valence-electron chi connectivity index (χ0n) is 25.0. The molecule has 1 atom stereocenters. The number of methoxy groups -OCH3 is 1. The number of nitrogens with one attached hydrogen (secondary N) is 1. The highest BCUT2D eigenvalue weighted by molar-refractivity contribution is 7.92. The van der Waals surface area contributed by atoms with Gasteiger partial charge in [-0.2, -0.15) is 0 Å². The Bertz CT molecular complexity index is 2020. The molecule has 0 aromatic heterocycles. The molecule has 1 N–H and O–H groups in total. The molecular formula is C35H30N4O6S. The third-order valence-corrected chi connectivity index (χ3v) is 9.19. The van der Waals surface area contributed by atoms with Crippen molar-refractivity contribution in [3.63, 3.8) is 0 Å². The van der Waals surface area contributed by atoms with Crippen molar-refractivity contribution in [2.24, 2.45) is 0 Å². The van der Waals surface area contributed by atoms with Crippen LogP contribution < -0.4 is 19.3 Å². The number of rotatable bonds is 9. The minimum atomic E-state index is -4.09. The number of hydrogen-bond acceptors (Lipinski definition) is 7. The molecule has 0 spiro atoms. The number of nitro groups is 1. The van der Waals surface area contributed by atoms with Crippen molar-refractivity contribution in [2.45, 2.75) is 24.5 Å². The van der Waals surface area contributed by atoms with E-state index in [-0.39, 0.29) is 16.1 Å². The van der Waals surface area contributed by atoms with Crippen molar-refractivity contribution in [3.05, 3.63) is 154 Å². The minimum Gasteiger partial charge on any atom is -0.497 e. The summed E-state index contributed by atoms with van der Waals surface area (Å²) < 4.78 is 34.8. The van der Waals surface area contributed by atoms with Crippen LogP contribution in [0.5, 0.6) is 5.75 Å². The van der Waals surface area contributed by atoms with Gasteiger partial charge in [0.05, 0.1) is 28.2 Å². The Morgan fingerprint density at radius 1 is 0.870 bits per heavy atom. The number of fused-ring (bicyclic) bond motifs is 1. The van der Waals surface area contributed by atoms with E-state index in [1.807, 2.05) is 66.4 Å². The van der Waals surface area contributed by atoms with E-state index < -0.39 is 27.0 Å². The largest absolute Gasteiger partial charge is 0.497 e. The molecule has 1 heterocycles. The lowest BCUT2D eigenvalue weighted by atomic mass is 9.98. The maximum atomic E-state index is 14.5. The third-order valence-electron chi connectivity index (χ3n) is 7.81. The fourth-order valence-electron chi connectivity index (χ4n) is 5.53. The SMILES string of the molecule is COc1ccc(NS(=O)(=O)c2ccc3c(c2)C(=O)N(c2ccc(C)cc2)[C@H](c2cccc([N+](=O)[O-])c2)N3Cc2ccccc2)cc1. The minimum absolute atomic E-state index is 0.0901. The summed E-state index contributed by atoms with van der Waals surface area (Å²) >= 11 is 0. The molecule has 0 saturated carbocycles. The van der Waals surface area contributed by atoms with Crippen LogP contribution in [0.2, 0.25) is 0 Å². The molecule has 46 heavy (non-hydrogen) atoms. The topological polar surface area (TPSA) is 122 Å². The lowest BCUT2D eigenvalue weighted by molar-refractivity contribution is -0.384. The molecule has 0 saturated heterocycles. The molecule has 1 amide bonds. The van der Waals surface area contributed by atoms with Crippen LogP contribution in [0, 0.1) is 17.0 Å². The van der Waals surface area contributed by atoms with Crippen molar-refractivity contribution in [3.8, 4) is 5.75 Å². The lowest BCUT2D eigenvalue weighted by Gasteiger charge is -2.46. The number of sulfonamides is 1. The second kappa shape index (κ2) is 12.4. The van der Waals surface area contributed by atoms with Crippen LogP contribution in [-0.2, 0) is 16.6 Å². The normalized spacial score (nSPS) is 14.5. The molecule has 0 fully saturated rings. The molecule has 11 heteroatoms. The predicted molar refractivity (Wildman–Crippen MR) is 177 cm³/mol. The van der Waals surface area contributed by atoms with Crippen LogP contribution >= 0.6 is 0 Å². The Labute approximate surface area is 266 Å². The molecule has 1 aliphatic rings. The van der Waals surface area contributed by atoms with Crippen LogP contribution in [0.3, 0.4) is 0 Å². The highest BCUT2D eigenvalue weighted by Gasteiger charge is 2.40. The van der Waals surface area contributed by atoms with E-state index in [0.29, 0.717) is 34.9 Å². The van der Waals surface area contributed by atoms with Crippen molar-refractivity contribution >= 4 is 38.7 Å². The van der Waals surface area contributed by atoms with Crippen molar-refractivity contribution < 1.29 is 22.9 Å². The van der Waals surface area contributed by atoms with Gasteiger partial charge in [-0.25, -0.2) is 8.42 Å². The Morgan fingerprint density at radius 2 is 1.59 bits per heavy atom. The molecule has 5 aromatic rings. The molecule has 1 aliphatic heterocycles. The van der Waals surface area contributed by atoms with Gasteiger partial charge in [0.2, 0.25) is 0 Å². The number of hydrogen-bond donors (Lipinski definition) is 1. The Hall–Kier alpha value is -5.68. The monoisotopic (exact) mass is 634 g/mol. The number of carbonyl (C=O) groups excluding carboxylic acids is 1.